The standard InChI is InChI=1S/C23H17ClO3/c24-11-5-13-27-23(25)21-18-10-4-12-26-22(18)17-9-3-8-15-14-6-1-2-7-16(14)20(21)19(15)17/h1-4,6-10H,5,11-13H2. The number of fused-ring (bicyclic) bond motifs is 5. The molecule has 0 fully saturated rings. The monoisotopic (exact) mass is 376 g/mol. The topological polar surface area (TPSA) is 35.5 Å². The van der Waals surface area contributed by atoms with E-state index in [0.29, 0.717) is 31.1 Å². The van der Waals surface area contributed by atoms with Gasteiger partial charge in [0.05, 0.1) is 12.2 Å². The lowest BCUT2D eigenvalue weighted by Crippen LogP contribution is -2.13. The fraction of sp³-hybridized carbons (Fsp3) is 0.174. The maximum absolute atomic E-state index is 13.1. The Bertz CT molecular complexity index is 1110. The lowest BCUT2D eigenvalue weighted by Gasteiger charge is -2.21. The van der Waals surface area contributed by atoms with Crippen molar-refractivity contribution >= 4 is 34.4 Å². The first-order chi connectivity index (χ1) is 13.3. The predicted molar refractivity (Wildman–Crippen MR) is 109 cm³/mol. The first-order valence-electron chi connectivity index (χ1n) is 9.06. The fourth-order valence-electron chi connectivity index (χ4n) is 4.07. The van der Waals surface area contributed by atoms with E-state index in [1.54, 1.807) is 0 Å². The Labute approximate surface area is 162 Å². The number of carbonyl (C=O) groups is 1. The number of hydrogen-bond acceptors (Lipinski definition) is 3. The second kappa shape index (κ2) is 6.43. The molecule has 1 aliphatic carbocycles. The van der Waals surface area contributed by atoms with Crippen LogP contribution in [0.25, 0.3) is 39.1 Å². The van der Waals surface area contributed by atoms with Gasteiger partial charge in [-0.2, -0.15) is 0 Å². The molecule has 3 aromatic carbocycles. The molecule has 0 amide bonds. The third-order valence-corrected chi connectivity index (χ3v) is 5.40. The van der Waals surface area contributed by atoms with Gasteiger partial charge in [-0.1, -0.05) is 48.5 Å². The second-order valence-corrected chi connectivity index (χ2v) is 7.04. The van der Waals surface area contributed by atoms with Crippen LogP contribution in [0.15, 0.2) is 48.5 Å². The van der Waals surface area contributed by atoms with Crippen molar-refractivity contribution in [1.29, 1.82) is 0 Å². The van der Waals surface area contributed by atoms with Crippen molar-refractivity contribution in [3.63, 3.8) is 0 Å². The minimum absolute atomic E-state index is 0.308. The molecule has 27 heavy (non-hydrogen) atoms. The van der Waals surface area contributed by atoms with Crippen LogP contribution in [0.5, 0.6) is 5.75 Å². The summed E-state index contributed by atoms with van der Waals surface area (Å²) in [6.45, 7) is 0.807. The van der Waals surface area contributed by atoms with Crippen LogP contribution in [0.4, 0.5) is 0 Å². The highest BCUT2D eigenvalue weighted by Gasteiger charge is 2.32. The zero-order valence-corrected chi connectivity index (χ0v) is 15.4. The Hall–Kier alpha value is -2.78. The number of halogens is 1. The van der Waals surface area contributed by atoms with Gasteiger partial charge in [0.15, 0.2) is 0 Å². The molecule has 0 atom stereocenters. The quantitative estimate of drug-likeness (QED) is 0.261. The third-order valence-electron chi connectivity index (χ3n) is 5.13. The van der Waals surface area contributed by atoms with E-state index in [9.17, 15) is 4.79 Å². The molecule has 2 aliphatic rings. The summed E-state index contributed by atoms with van der Waals surface area (Å²) in [7, 11) is 0. The normalized spacial score (nSPS) is 13.2. The van der Waals surface area contributed by atoms with E-state index in [0.717, 1.165) is 44.3 Å². The van der Waals surface area contributed by atoms with Crippen molar-refractivity contribution in [1.82, 2.24) is 0 Å². The van der Waals surface area contributed by atoms with Gasteiger partial charge >= 0.3 is 5.97 Å². The number of benzene rings is 3. The van der Waals surface area contributed by atoms with Crippen LogP contribution < -0.4 is 4.74 Å². The van der Waals surface area contributed by atoms with Gasteiger partial charge in [-0.15, -0.1) is 11.6 Å². The molecule has 0 saturated heterocycles. The maximum Gasteiger partial charge on any atom is 0.339 e. The number of esters is 1. The Morgan fingerprint density at radius 2 is 1.89 bits per heavy atom. The summed E-state index contributed by atoms with van der Waals surface area (Å²) in [5, 5.41) is 2.10. The van der Waals surface area contributed by atoms with Gasteiger partial charge in [-0.3, -0.25) is 0 Å². The van der Waals surface area contributed by atoms with Gasteiger partial charge in [-0.25, -0.2) is 4.79 Å². The van der Waals surface area contributed by atoms with Crippen LogP contribution in [0.1, 0.15) is 22.3 Å². The summed E-state index contributed by atoms with van der Waals surface area (Å²) >= 11 is 5.74. The zero-order chi connectivity index (χ0) is 18.4. The molecule has 0 unspecified atom stereocenters. The lowest BCUT2D eigenvalue weighted by molar-refractivity contribution is 0.0506. The molecule has 3 aromatic rings. The van der Waals surface area contributed by atoms with Crippen LogP contribution in [0, 0.1) is 0 Å². The van der Waals surface area contributed by atoms with E-state index in [2.05, 4.69) is 24.3 Å². The molecule has 0 N–H and O–H groups in total. The Morgan fingerprint density at radius 3 is 2.74 bits per heavy atom. The van der Waals surface area contributed by atoms with E-state index in [1.807, 2.05) is 30.4 Å². The average Bonchev–Trinajstić information content (AvgIpc) is 3.04. The van der Waals surface area contributed by atoms with Gasteiger partial charge in [0.1, 0.15) is 12.4 Å². The predicted octanol–water partition coefficient (Wildman–Crippen LogP) is 5.68. The first kappa shape index (κ1) is 16.4. The van der Waals surface area contributed by atoms with Crippen molar-refractivity contribution in [3.05, 3.63) is 59.7 Å². The molecular weight excluding hydrogens is 360 g/mol. The molecule has 0 saturated carbocycles. The Morgan fingerprint density at radius 1 is 1.07 bits per heavy atom. The van der Waals surface area contributed by atoms with E-state index < -0.39 is 0 Å². The number of alkyl halides is 1. The van der Waals surface area contributed by atoms with Crippen LogP contribution in [-0.4, -0.2) is 25.1 Å². The van der Waals surface area contributed by atoms with Crippen LogP contribution in [0.3, 0.4) is 0 Å². The lowest BCUT2D eigenvalue weighted by atomic mass is 9.91. The molecule has 5 rings (SSSR count). The van der Waals surface area contributed by atoms with Crippen molar-refractivity contribution in [3.8, 4) is 28.0 Å². The smallest absolute Gasteiger partial charge is 0.339 e. The zero-order valence-electron chi connectivity index (χ0n) is 14.6. The second-order valence-electron chi connectivity index (χ2n) is 6.66. The minimum Gasteiger partial charge on any atom is -0.488 e. The highest BCUT2D eigenvalue weighted by atomic mass is 35.5. The van der Waals surface area contributed by atoms with Crippen LogP contribution in [-0.2, 0) is 4.74 Å². The van der Waals surface area contributed by atoms with E-state index in [4.69, 9.17) is 21.1 Å². The average molecular weight is 377 g/mol. The Kier molecular flexibility index (Phi) is 3.91. The molecule has 4 heteroatoms. The number of carbonyl (C=O) groups excluding carboxylic acids is 1. The number of ether oxygens (including phenoxy) is 2. The summed E-state index contributed by atoms with van der Waals surface area (Å²) in [5.41, 5.74) is 5.66. The number of hydrogen-bond donors (Lipinski definition) is 0. The van der Waals surface area contributed by atoms with E-state index >= 15 is 0 Å². The van der Waals surface area contributed by atoms with Gasteiger partial charge < -0.3 is 9.47 Å². The molecule has 1 aliphatic heterocycles. The SMILES string of the molecule is O=C(OCCCCl)c1c2c(c3cccc4c3c1-c1ccccc1-4)OCC=C2. The Balaban J connectivity index is 1.84. The van der Waals surface area contributed by atoms with Crippen LogP contribution in [0.2, 0.25) is 0 Å². The molecule has 134 valence electrons. The van der Waals surface area contributed by atoms with Crippen molar-refractivity contribution in [2.45, 2.75) is 6.42 Å². The van der Waals surface area contributed by atoms with E-state index in [-0.39, 0.29) is 5.97 Å². The molecule has 3 nitrogen and oxygen atoms in total. The highest BCUT2D eigenvalue weighted by molar-refractivity contribution is 6.23. The third kappa shape index (κ3) is 2.38. The molecule has 0 spiro atoms. The maximum atomic E-state index is 13.1. The first-order valence-corrected chi connectivity index (χ1v) is 9.59. The van der Waals surface area contributed by atoms with Gasteiger partial charge in [-0.05, 0) is 29.2 Å². The van der Waals surface area contributed by atoms with Gasteiger partial charge in [0, 0.05) is 27.8 Å². The molecular formula is C23H17ClO3. The largest absolute Gasteiger partial charge is 0.488 e. The summed E-state index contributed by atoms with van der Waals surface area (Å²) in [6, 6.07) is 14.4. The summed E-state index contributed by atoms with van der Waals surface area (Å²) in [4.78, 5) is 13.1. The number of rotatable bonds is 4. The summed E-state index contributed by atoms with van der Waals surface area (Å²) < 4.78 is 11.5. The van der Waals surface area contributed by atoms with Gasteiger partial charge in [0.25, 0.3) is 0 Å². The summed E-state index contributed by atoms with van der Waals surface area (Å²) in [6.07, 6.45) is 4.54. The minimum atomic E-state index is -0.324. The van der Waals surface area contributed by atoms with Gasteiger partial charge in [0.2, 0.25) is 0 Å². The van der Waals surface area contributed by atoms with Crippen LogP contribution >= 0.6 is 11.6 Å². The van der Waals surface area contributed by atoms with Crippen molar-refractivity contribution in [2.75, 3.05) is 19.1 Å². The van der Waals surface area contributed by atoms with Crippen molar-refractivity contribution in [2.24, 2.45) is 0 Å². The molecule has 0 aromatic heterocycles. The van der Waals surface area contributed by atoms with E-state index in [1.165, 1.54) is 0 Å². The molecule has 0 radical (unpaired) electrons. The summed E-state index contributed by atoms with van der Waals surface area (Å²) in [5.74, 6) is 0.900. The van der Waals surface area contributed by atoms with Crippen molar-refractivity contribution < 1.29 is 14.3 Å². The fourth-order valence-corrected chi connectivity index (χ4v) is 4.18. The highest BCUT2D eigenvalue weighted by Crippen LogP contribution is 2.53. The molecule has 0 bridgehead atoms. The molecule has 1 heterocycles.